The van der Waals surface area contributed by atoms with E-state index in [1.54, 1.807) is 23.9 Å². The maximum atomic E-state index is 11.2. The van der Waals surface area contributed by atoms with Crippen LogP contribution < -0.4 is 5.73 Å². The first-order valence-electron chi connectivity index (χ1n) is 5.25. The lowest BCUT2D eigenvalue weighted by Crippen LogP contribution is -2.09. The molecule has 17 heavy (non-hydrogen) atoms. The minimum Gasteiger partial charge on any atom is -0.379 e. The van der Waals surface area contributed by atoms with Gasteiger partial charge in [0, 0.05) is 23.4 Å². The molecule has 0 spiro atoms. The minimum absolute atomic E-state index is 0.348. The van der Waals surface area contributed by atoms with Crippen molar-refractivity contribution in [2.75, 3.05) is 31.8 Å². The highest BCUT2D eigenvalue weighted by atomic mass is 32.2. The predicted molar refractivity (Wildman–Crippen MR) is 70.1 cm³/mol. The van der Waals surface area contributed by atoms with Gasteiger partial charge < -0.3 is 10.5 Å². The molecule has 0 aliphatic heterocycles. The van der Waals surface area contributed by atoms with E-state index in [-0.39, 0.29) is 0 Å². The van der Waals surface area contributed by atoms with Gasteiger partial charge in [-0.15, -0.1) is 11.8 Å². The smallest absolute Gasteiger partial charge is 0.175 e. The molecule has 0 saturated carbocycles. The Labute approximate surface area is 106 Å². The average Bonchev–Trinajstić information content (AvgIpc) is 2.28. The van der Waals surface area contributed by atoms with Gasteiger partial charge in [0.2, 0.25) is 0 Å². The van der Waals surface area contributed by atoms with Gasteiger partial charge in [0.25, 0.3) is 0 Å². The van der Waals surface area contributed by atoms with Crippen LogP contribution in [-0.4, -0.2) is 40.2 Å². The van der Waals surface area contributed by atoms with Crippen LogP contribution in [0.3, 0.4) is 0 Å². The van der Waals surface area contributed by atoms with Crippen LogP contribution in [0.15, 0.2) is 34.1 Å². The fourth-order valence-electron chi connectivity index (χ4n) is 1.19. The van der Waals surface area contributed by atoms with E-state index in [1.165, 1.54) is 6.26 Å². The summed E-state index contributed by atoms with van der Waals surface area (Å²) in [7, 11) is -3.10. The lowest BCUT2D eigenvalue weighted by Gasteiger charge is -2.04. The molecule has 0 bridgehead atoms. The van der Waals surface area contributed by atoms with Crippen LogP contribution in [0.2, 0.25) is 0 Å². The Morgan fingerprint density at radius 2 is 1.88 bits per heavy atom. The zero-order valence-corrected chi connectivity index (χ0v) is 11.4. The highest BCUT2D eigenvalue weighted by Crippen LogP contribution is 2.19. The van der Waals surface area contributed by atoms with E-state index in [0.29, 0.717) is 24.7 Å². The number of hydrogen-bond acceptors (Lipinski definition) is 5. The van der Waals surface area contributed by atoms with Gasteiger partial charge in [0.15, 0.2) is 9.84 Å². The second-order valence-electron chi connectivity index (χ2n) is 3.49. The van der Waals surface area contributed by atoms with Crippen molar-refractivity contribution in [1.29, 1.82) is 0 Å². The number of nitrogens with two attached hydrogens (primary N) is 1. The molecular formula is C11H17NO3S2. The van der Waals surface area contributed by atoms with E-state index in [9.17, 15) is 8.42 Å². The first-order valence-corrected chi connectivity index (χ1v) is 8.12. The SMILES string of the molecule is CS(=O)(=O)c1ccc(SCCOCCN)cc1. The van der Waals surface area contributed by atoms with Crippen LogP contribution >= 0.6 is 11.8 Å². The number of rotatable bonds is 7. The van der Waals surface area contributed by atoms with Crippen molar-refractivity contribution in [2.45, 2.75) is 9.79 Å². The Hall–Kier alpha value is -0.560. The highest BCUT2D eigenvalue weighted by molar-refractivity contribution is 7.99. The van der Waals surface area contributed by atoms with Gasteiger partial charge in [-0.2, -0.15) is 0 Å². The van der Waals surface area contributed by atoms with Gasteiger partial charge in [0.05, 0.1) is 18.1 Å². The molecule has 0 aliphatic carbocycles. The zero-order chi connectivity index (χ0) is 12.7. The third kappa shape index (κ3) is 5.54. The Bertz CT molecular complexity index is 429. The summed E-state index contributed by atoms with van der Waals surface area (Å²) < 4.78 is 27.7. The summed E-state index contributed by atoms with van der Waals surface area (Å²) in [5.74, 6) is 0.832. The van der Waals surface area contributed by atoms with Crippen LogP contribution in [0, 0.1) is 0 Å². The predicted octanol–water partition coefficient (Wildman–Crippen LogP) is 1.16. The molecule has 0 aromatic heterocycles. The van der Waals surface area contributed by atoms with E-state index in [2.05, 4.69) is 0 Å². The lowest BCUT2D eigenvalue weighted by molar-refractivity contribution is 0.158. The van der Waals surface area contributed by atoms with E-state index >= 15 is 0 Å². The summed E-state index contributed by atoms with van der Waals surface area (Å²) in [5.41, 5.74) is 5.29. The molecule has 0 saturated heterocycles. The average molecular weight is 275 g/mol. The number of hydrogen-bond donors (Lipinski definition) is 1. The van der Waals surface area contributed by atoms with Gasteiger partial charge >= 0.3 is 0 Å². The first-order chi connectivity index (χ1) is 8.04. The largest absolute Gasteiger partial charge is 0.379 e. The van der Waals surface area contributed by atoms with Crippen molar-refractivity contribution >= 4 is 21.6 Å². The van der Waals surface area contributed by atoms with Crippen LogP contribution in [0.5, 0.6) is 0 Å². The number of sulfone groups is 1. The Morgan fingerprint density at radius 3 is 2.41 bits per heavy atom. The number of thioether (sulfide) groups is 1. The maximum absolute atomic E-state index is 11.2. The third-order valence-corrected chi connectivity index (χ3v) is 4.12. The van der Waals surface area contributed by atoms with Gasteiger partial charge in [-0.3, -0.25) is 0 Å². The van der Waals surface area contributed by atoms with Gasteiger partial charge in [-0.25, -0.2) is 8.42 Å². The molecule has 1 aromatic rings. The van der Waals surface area contributed by atoms with E-state index < -0.39 is 9.84 Å². The monoisotopic (exact) mass is 275 g/mol. The summed E-state index contributed by atoms with van der Waals surface area (Å²) in [5, 5.41) is 0. The molecule has 0 aliphatic rings. The summed E-state index contributed by atoms with van der Waals surface area (Å²) >= 11 is 1.63. The standard InChI is InChI=1S/C11H17NO3S2/c1-17(13,14)11-4-2-10(3-5-11)16-9-8-15-7-6-12/h2-5H,6-9,12H2,1H3. The zero-order valence-electron chi connectivity index (χ0n) is 9.76. The second kappa shape index (κ2) is 7.00. The molecule has 1 rings (SSSR count). The van der Waals surface area contributed by atoms with Crippen molar-refractivity contribution in [3.8, 4) is 0 Å². The summed E-state index contributed by atoms with van der Waals surface area (Å²) in [6.07, 6.45) is 1.20. The molecule has 0 atom stereocenters. The van der Waals surface area contributed by atoms with Crippen molar-refractivity contribution < 1.29 is 13.2 Å². The number of benzene rings is 1. The molecule has 0 amide bonds. The fourth-order valence-corrected chi connectivity index (χ4v) is 2.58. The van der Waals surface area contributed by atoms with E-state index in [4.69, 9.17) is 10.5 Å². The molecule has 0 unspecified atom stereocenters. The minimum atomic E-state index is -3.10. The number of ether oxygens (including phenoxy) is 1. The summed E-state index contributed by atoms with van der Waals surface area (Å²) in [6.45, 7) is 1.76. The molecule has 4 nitrogen and oxygen atoms in total. The second-order valence-corrected chi connectivity index (χ2v) is 6.68. The molecule has 0 radical (unpaired) electrons. The van der Waals surface area contributed by atoms with Gasteiger partial charge in [-0.05, 0) is 24.3 Å². The lowest BCUT2D eigenvalue weighted by atomic mass is 10.4. The Morgan fingerprint density at radius 1 is 1.24 bits per heavy atom. The van der Waals surface area contributed by atoms with Gasteiger partial charge in [-0.1, -0.05) is 0 Å². The molecule has 0 fully saturated rings. The van der Waals surface area contributed by atoms with Crippen LogP contribution in [0.4, 0.5) is 0 Å². The molecule has 0 heterocycles. The Kier molecular flexibility index (Phi) is 5.97. The maximum Gasteiger partial charge on any atom is 0.175 e. The van der Waals surface area contributed by atoms with Crippen LogP contribution in [0.1, 0.15) is 0 Å². The fraction of sp³-hybridized carbons (Fsp3) is 0.455. The Balaban J connectivity index is 2.41. The molecule has 6 heteroatoms. The van der Waals surface area contributed by atoms with E-state index in [1.807, 2.05) is 12.1 Å². The normalized spacial score (nSPS) is 11.6. The molecule has 2 N–H and O–H groups in total. The molecular weight excluding hydrogens is 258 g/mol. The first kappa shape index (κ1) is 14.5. The van der Waals surface area contributed by atoms with Crippen molar-refractivity contribution in [3.05, 3.63) is 24.3 Å². The summed E-state index contributed by atoms with van der Waals surface area (Å²) in [4.78, 5) is 1.38. The quantitative estimate of drug-likeness (QED) is 0.597. The topological polar surface area (TPSA) is 69.4 Å². The molecule has 1 aromatic carbocycles. The van der Waals surface area contributed by atoms with E-state index in [0.717, 1.165) is 10.6 Å². The van der Waals surface area contributed by atoms with Crippen molar-refractivity contribution in [3.63, 3.8) is 0 Å². The highest BCUT2D eigenvalue weighted by Gasteiger charge is 2.05. The van der Waals surface area contributed by atoms with Crippen molar-refractivity contribution in [1.82, 2.24) is 0 Å². The third-order valence-electron chi connectivity index (χ3n) is 2.01. The van der Waals surface area contributed by atoms with Gasteiger partial charge in [0.1, 0.15) is 0 Å². The summed E-state index contributed by atoms with van der Waals surface area (Å²) in [6, 6.07) is 6.87. The van der Waals surface area contributed by atoms with Crippen molar-refractivity contribution in [2.24, 2.45) is 5.73 Å². The van der Waals surface area contributed by atoms with Crippen LogP contribution in [-0.2, 0) is 14.6 Å². The molecule has 96 valence electrons. The van der Waals surface area contributed by atoms with Crippen LogP contribution in [0.25, 0.3) is 0 Å².